The van der Waals surface area contributed by atoms with E-state index in [9.17, 15) is 14.9 Å². The SMILES string of the molecule is COc1ccc(C(=O)Oc2cccc(/C=C(\C#N)C(=O)Nc3ccc(Cl)cc3)c2)cc1. The molecule has 3 rings (SSSR count). The van der Waals surface area contributed by atoms with Crippen molar-refractivity contribution in [2.24, 2.45) is 0 Å². The van der Waals surface area contributed by atoms with Gasteiger partial charge < -0.3 is 14.8 Å². The van der Waals surface area contributed by atoms with Crippen molar-refractivity contribution >= 4 is 35.2 Å². The van der Waals surface area contributed by atoms with Gasteiger partial charge in [0.05, 0.1) is 12.7 Å². The lowest BCUT2D eigenvalue weighted by atomic mass is 10.1. The Morgan fingerprint density at radius 1 is 1.00 bits per heavy atom. The molecular weight excluding hydrogens is 416 g/mol. The van der Waals surface area contributed by atoms with E-state index in [1.807, 2.05) is 6.07 Å². The maximum atomic E-state index is 12.4. The predicted octanol–water partition coefficient (Wildman–Crippen LogP) is 5.11. The van der Waals surface area contributed by atoms with Gasteiger partial charge in [-0.05, 0) is 72.3 Å². The molecule has 0 saturated carbocycles. The fourth-order valence-corrected chi connectivity index (χ4v) is 2.73. The van der Waals surface area contributed by atoms with Gasteiger partial charge in [-0.1, -0.05) is 23.7 Å². The van der Waals surface area contributed by atoms with Crippen LogP contribution in [0.3, 0.4) is 0 Å². The number of hydrogen-bond acceptors (Lipinski definition) is 5. The first kappa shape index (κ1) is 21.6. The number of nitrogens with one attached hydrogen (secondary N) is 1. The second-order valence-electron chi connectivity index (χ2n) is 6.32. The van der Waals surface area contributed by atoms with Crippen LogP contribution in [0.2, 0.25) is 5.02 Å². The van der Waals surface area contributed by atoms with E-state index < -0.39 is 11.9 Å². The zero-order valence-electron chi connectivity index (χ0n) is 16.5. The molecule has 1 N–H and O–H groups in total. The van der Waals surface area contributed by atoms with Crippen molar-refractivity contribution in [2.75, 3.05) is 12.4 Å². The van der Waals surface area contributed by atoms with Gasteiger partial charge in [-0.2, -0.15) is 5.26 Å². The minimum absolute atomic E-state index is 0.103. The summed E-state index contributed by atoms with van der Waals surface area (Å²) in [6.07, 6.45) is 1.41. The summed E-state index contributed by atoms with van der Waals surface area (Å²) in [4.78, 5) is 24.7. The van der Waals surface area contributed by atoms with Crippen molar-refractivity contribution in [2.45, 2.75) is 0 Å². The average Bonchev–Trinajstić information content (AvgIpc) is 2.79. The zero-order valence-corrected chi connectivity index (χ0v) is 17.2. The van der Waals surface area contributed by atoms with Gasteiger partial charge in [0.2, 0.25) is 0 Å². The number of carbonyl (C=O) groups is 2. The highest BCUT2D eigenvalue weighted by molar-refractivity contribution is 6.30. The summed E-state index contributed by atoms with van der Waals surface area (Å²) in [6.45, 7) is 0. The van der Waals surface area contributed by atoms with Crippen molar-refractivity contribution in [1.29, 1.82) is 5.26 Å². The first-order chi connectivity index (χ1) is 15.0. The van der Waals surface area contributed by atoms with Crippen molar-refractivity contribution in [3.05, 3.63) is 94.5 Å². The van der Waals surface area contributed by atoms with Gasteiger partial charge >= 0.3 is 5.97 Å². The molecule has 0 fully saturated rings. The summed E-state index contributed by atoms with van der Waals surface area (Å²) in [7, 11) is 1.54. The number of benzene rings is 3. The average molecular weight is 433 g/mol. The second-order valence-corrected chi connectivity index (χ2v) is 6.76. The Balaban J connectivity index is 1.73. The molecule has 0 heterocycles. The Hall–Kier alpha value is -4.08. The van der Waals surface area contributed by atoms with E-state index in [4.69, 9.17) is 21.1 Å². The number of rotatable bonds is 6. The number of carbonyl (C=O) groups excluding carboxylic acids is 2. The molecule has 154 valence electrons. The van der Waals surface area contributed by atoms with Crippen molar-refractivity contribution in [3.63, 3.8) is 0 Å². The molecule has 0 atom stereocenters. The highest BCUT2D eigenvalue weighted by atomic mass is 35.5. The normalized spacial score (nSPS) is 10.7. The number of nitriles is 1. The summed E-state index contributed by atoms with van der Waals surface area (Å²) in [5, 5.41) is 12.6. The maximum Gasteiger partial charge on any atom is 0.343 e. The molecule has 0 aliphatic heterocycles. The molecule has 1 amide bonds. The summed E-state index contributed by atoms with van der Waals surface area (Å²) in [6, 6.07) is 21.5. The third-order valence-electron chi connectivity index (χ3n) is 4.17. The van der Waals surface area contributed by atoms with Gasteiger partial charge in [0.25, 0.3) is 5.91 Å². The maximum absolute atomic E-state index is 12.4. The largest absolute Gasteiger partial charge is 0.497 e. The van der Waals surface area contributed by atoms with Gasteiger partial charge in [0.1, 0.15) is 23.1 Å². The minimum atomic E-state index is -0.564. The Morgan fingerprint density at radius 2 is 1.71 bits per heavy atom. The van der Waals surface area contributed by atoms with Crippen molar-refractivity contribution < 1.29 is 19.1 Å². The Labute approximate surface area is 184 Å². The molecule has 7 heteroatoms. The standard InChI is InChI=1S/C24H17ClN2O4/c1-30-21-11-5-17(6-12-21)24(29)31-22-4-2-3-16(14-22)13-18(15-26)23(28)27-20-9-7-19(25)8-10-20/h2-14H,1H3,(H,27,28)/b18-13+. The van der Waals surface area contributed by atoms with Crippen LogP contribution in [0.5, 0.6) is 11.5 Å². The fraction of sp³-hybridized carbons (Fsp3) is 0.0417. The molecule has 6 nitrogen and oxygen atoms in total. The topological polar surface area (TPSA) is 88.4 Å². The molecule has 31 heavy (non-hydrogen) atoms. The Bertz CT molecular complexity index is 1160. The van der Waals surface area contributed by atoms with Crippen LogP contribution < -0.4 is 14.8 Å². The zero-order chi connectivity index (χ0) is 22.2. The van der Waals surface area contributed by atoms with E-state index >= 15 is 0 Å². The van der Waals surface area contributed by atoms with Crippen LogP contribution in [0.25, 0.3) is 6.08 Å². The lowest BCUT2D eigenvalue weighted by Gasteiger charge is -2.07. The van der Waals surface area contributed by atoms with E-state index in [1.165, 1.54) is 13.2 Å². The number of methoxy groups -OCH3 is 1. The van der Waals surface area contributed by atoms with E-state index in [2.05, 4.69) is 5.32 Å². The van der Waals surface area contributed by atoms with Crippen molar-refractivity contribution in [3.8, 4) is 17.6 Å². The van der Waals surface area contributed by atoms with Crippen LogP contribution in [0.15, 0.2) is 78.4 Å². The first-order valence-electron chi connectivity index (χ1n) is 9.13. The monoisotopic (exact) mass is 432 g/mol. The van der Waals surface area contributed by atoms with Gasteiger partial charge in [0.15, 0.2) is 0 Å². The molecule has 0 bridgehead atoms. The molecule has 0 aliphatic carbocycles. The smallest absolute Gasteiger partial charge is 0.343 e. The fourth-order valence-electron chi connectivity index (χ4n) is 2.61. The lowest BCUT2D eigenvalue weighted by molar-refractivity contribution is -0.112. The van der Waals surface area contributed by atoms with E-state index in [0.29, 0.717) is 27.6 Å². The van der Waals surface area contributed by atoms with Crippen molar-refractivity contribution in [1.82, 2.24) is 0 Å². The van der Waals surface area contributed by atoms with Gasteiger partial charge in [-0.25, -0.2) is 4.79 Å². The molecule has 0 unspecified atom stereocenters. The predicted molar refractivity (Wildman–Crippen MR) is 118 cm³/mol. The highest BCUT2D eigenvalue weighted by Crippen LogP contribution is 2.20. The number of anilines is 1. The number of esters is 1. The highest BCUT2D eigenvalue weighted by Gasteiger charge is 2.12. The van der Waals surface area contributed by atoms with Crippen LogP contribution in [0.4, 0.5) is 5.69 Å². The molecule has 3 aromatic carbocycles. The number of ether oxygens (including phenoxy) is 2. The quantitative estimate of drug-likeness (QED) is 0.253. The van der Waals surface area contributed by atoms with Crippen LogP contribution >= 0.6 is 11.6 Å². The second kappa shape index (κ2) is 10.1. The molecular formula is C24H17ClN2O4. The summed E-state index contributed by atoms with van der Waals surface area (Å²) in [5.74, 6) is -0.190. The van der Waals surface area contributed by atoms with Gasteiger partial charge in [-0.15, -0.1) is 0 Å². The van der Waals surface area contributed by atoms with Crippen LogP contribution in [-0.4, -0.2) is 19.0 Å². The molecule has 0 aliphatic rings. The number of nitrogens with zero attached hydrogens (tertiary/aromatic N) is 1. The van der Waals surface area contributed by atoms with Gasteiger partial charge in [-0.3, -0.25) is 4.79 Å². The lowest BCUT2D eigenvalue weighted by Crippen LogP contribution is -2.13. The minimum Gasteiger partial charge on any atom is -0.497 e. The van der Waals surface area contributed by atoms with Gasteiger partial charge in [0, 0.05) is 10.7 Å². The third kappa shape index (κ3) is 5.95. The van der Waals surface area contributed by atoms with E-state index in [-0.39, 0.29) is 11.3 Å². The number of amides is 1. The summed E-state index contributed by atoms with van der Waals surface area (Å²) >= 11 is 5.83. The molecule has 0 saturated heterocycles. The molecule has 0 radical (unpaired) electrons. The molecule has 0 spiro atoms. The number of halogens is 1. The van der Waals surface area contributed by atoms with Crippen LogP contribution in [-0.2, 0) is 4.79 Å². The summed E-state index contributed by atoms with van der Waals surface area (Å²) in [5.41, 5.74) is 1.30. The van der Waals surface area contributed by atoms with Crippen LogP contribution in [0.1, 0.15) is 15.9 Å². The molecule has 3 aromatic rings. The van der Waals surface area contributed by atoms with Crippen LogP contribution in [0, 0.1) is 11.3 Å². The first-order valence-corrected chi connectivity index (χ1v) is 9.51. The third-order valence-corrected chi connectivity index (χ3v) is 4.42. The molecule has 0 aromatic heterocycles. The Kier molecular flexibility index (Phi) is 7.05. The number of hydrogen-bond donors (Lipinski definition) is 1. The Morgan fingerprint density at radius 3 is 2.35 bits per heavy atom. The van der Waals surface area contributed by atoms with E-state index in [0.717, 1.165) is 0 Å². The summed E-state index contributed by atoms with van der Waals surface area (Å²) < 4.78 is 10.5. The van der Waals surface area contributed by atoms with E-state index in [1.54, 1.807) is 72.8 Å².